The van der Waals surface area contributed by atoms with E-state index in [1.54, 1.807) is 6.92 Å². The summed E-state index contributed by atoms with van der Waals surface area (Å²) in [6, 6.07) is 5.03. The predicted molar refractivity (Wildman–Crippen MR) is 102 cm³/mol. The molecule has 0 atom stereocenters. The first-order valence-corrected chi connectivity index (χ1v) is 8.68. The Bertz CT molecular complexity index is 1300. The fourth-order valence-corrected chi connectivity index (χ4v) is 3.17. The third-order valence-corrected chi connectivity index (χ3v) is 4.45. The van der Waals surface area contributed by atoms with E-state index in [1.807, 2.05) is 0 Å². The Morgan fingerprint density at radius 3 is 2.16 bits per heavy atom. The average Bonchev–Trinajstić information content (AvgIpc) is 2.98. The molecule has 0 radical (unpaired) electrons. The van der Waals surface area contributed by atoms with Gasteiger partial charge in [-0.3, -0.25) is 4.57 Å². The van der Waals surface area contributed by atoms with Gasteiger partial charge in [0.1, 0.15) is 17.5 Å². The average molecular weight is 436 g/mol. The van der Waals surface area contributed by atoms with Crippen LogP contribution in [0.15, 0.2) is 30.3 Å². The molecule has 4 rings (SSSR count). The molecule has 0 aliphatic heterocycles. The highest BCUT2D eigenvalue weighted by Gasteiger charge is 2.20. The number of aryl methyl sites for hydroxylation is 1. The standard InChI is InChI=1S/C19H13F5N6O/c1-7-27-12-5-9(20)10(21)6-13(12)30(7)19-28-16(25)15(17(26)29-19)8-2-3-14(11(22)4-8)31-18(23)24/h2-6,18H,1H3,(H4,25,26,28,29). The molecule has 31 heavy (non-hydrogen) atoms. The number of hydrogen-bond donors (Lipinski definition) is 2. The maximum Gasteiger partial charge on any atom is 0.387 e. The van der Waals surface area contributed by atoms with E-state index in [2.05, 4.69) is 19.7 Å². The van der Waals surface area contributed by atoms with Crippen LogP contribution < -0.4 is 16.2 Å². The summed E-state index contributed by atoms with van der Waals surface area (Å²) in [6.45, 7) is -1.62. The molecule has 0 bridgehead atoms. The molecule has 0 unspecified atom stereocenters. The fourth-order valence-electron chi connectivity index (χ4n) is 3.17. The lowest BCUT2D eigenvalue weighted by molar-refractivity contribution is -0.0521. The lowest BCUT2D eigenvalue weighted by Crippen LogP contribution is -2.10. The normalized spacial score (nSPS) is 11.5. The molecule has 2 aromatic carbocycles. The summed E-state index contributed by atoms with van der Waals surface area (Å²) in [5.41, 5.74) is 12.5. The molecule has 4 N–H and O–H groups in total. The SMILES string of the molecule is Cc1nc2cc(F)c(F)cc2n1-c1nc(N)c(-c2ccc(OC(F)F)c(F)c2)c(N)n1. The number of imidazole rings is 1. The summed E-state index contributed by atoms with van der Waals surface area (Å²) >= 11 is 0. The van der Waals surface area contributed by atoms with Crippen molar-refractivity contribution in [2.24, 2.45) is 0 Å². The van der Waals surface area contributed by atoms with Gasteiger partial charge in [-0.05, 0) is 24.6 Å². The zero-order valence-corrected chi connectivity index (χ0v) is 15.7. The van der Waals surface area contributed by atoms with Gasteiger partial charge in [-0.25, -0.2) is 18.2 Å². The number of aromatic nitrogens is 4. The van der Waals surface area contributed by atoms with Gasteiger partial charge in [0.05, 0.1) is 16.6 Å². The molecule has 7 nitrogen and oxygen atoms in total. The molecule has 0 amide bonds. The maximum absolute atomic E-state index is 14.1. The van der Waals surface area contributed by atoms with Gasteiger partial charge in [0, 0.05) is 12.1 Å². The maximum atomic E-state index is 14.1. The monoisotopic (exact) mass is 436 g/mol. The van der Waals surface area contributed by atoms with Crippen LogP contribution in [0.25, 0.3) is 28.1 Å². The molecule has 160 valence electrons. The van der Waals surface area contributed by atoms with Crippen LogP contribution in [0.4, 0.5) is 33.6 Å². The minimum Gasteiger partial charge on any atom is -0.432 e. The smallest absolute Gasteiger partial charge is 0.387 e. The highest BCUT2D eigenvalue weighted by Crippen LogP contribution is 2.34. The summed E-state index contributed by atoms with van der Waals surface area (Å²) < 4.78 is 71.4. The van der Waals surface area contributed by atoms with E-state index < -0.39 is 29.8 Å². The van der Waals surface area contributed by atoms with Gasteiger partial charge in [0.2, 0.25) is 5.95 Å². The van der Waals surface area contributed by atoms with Crippen LogP contribution >= 0.6 is 0 Å². The van der Waals surface area contributed by atoms with Crippen molar-refractivity contribution in [2.45, 2.75) is 13.5 Å². The number of fused-ring (bicyclic) bond motifs is 1. The van der Waals surface area contributed by atoms with Gasteiger partial charge < -0.3 is 16.2 Å². The van der Waals surface area contributed by atoms with E-state index in [9.17, 15) is 22.0 Å². The lowest BCUT2D eigenvalue weighted by Gasteiger charge is -2.13. The van der Waals surface area contributed by atoms with Gasteiger partial charge in [-0.2, -0.15) is 18.7 Å². The molecule has 0 saturated carbocycles. The number of nitrogens with two attached hydrogens (primary N) is 2. The van der Waals surface area contributed by atoms with E-state index in [0.29, 0.717) is 5.82 Å². The van der Waals surface area contributed by atoms with Crippen molar-refractivity contribution in [3.63, 3.8) is 0 Å². The largest absolute Gasteiger partial charge is 0.432 e. The molecular weight excluding hydrogens is 423 g/mol. The van der Waals surface area contributed by atoms with Gasteiger partial charge >= 0.3 is 6.61 Å². The van der Waals surface area contributed by atoms with Crippen molar-refractivity contribution in [3.05, 3.63) is 53.6 Å². The number of rotatable bonds is 4. The van der Waals surface area contributed by atoms with Crippen molar-refractivity contribution in [2.75, 3.05) is 11.5 Å². The van der Waals surface area contributed by atoms with Crippen molar-refractivity contribution in [1.82, 2.24) is 19.5 Å². The topological polar surface area (TPSA) is 105 Å². The number of alkyl halides is 2. The number of hydrogen-bond acceptors (Lipinski definition) is 6. The number of halogens is 5. The molecule has 12 heteroatoms. The van der Waals surface area contributed by atoms with Crippen LogP contribution in [0, 0.1) is 24.4 Å². The van der Waals surface area contributed by atoms with E-state index in [4.69, 9.17) is 11.5 Å². The fraction of sp³-hybridized carbons (Fsp3) is 0.105. The zero-order valence-electron chi connectivity index (χ0n) is 15.7. The Hall–Kier alpha value is -3.96. The first-order chi connectivity index (χ1) is 14.7. The van der Waals surface area contributed by atoms with Crippen LogP contribution in [-0.4, -0.2) is 26.1 Å². The second-order valence-corrected chi connectivity index (χ2v) is 6.44. The zero-order chi connectivity index (χ0) is 22.4. The Balaban J connectivity index is 1.82. The first-order valence-electron chi connectivity index (χ1n) is 8.68. The third-order valence-electron chi connectivity index (χ3n) is 4.45. The summed E-state index contributed by atoms with van der Waals surface area (Å²) in [7, 11) is 0. The minimum absolute atomic E-state index is 0.0607. The molecule has 2 heterocycles. The van der Waals surface area contributed by atoms with Gasteiger partial charge in [0.15, 0.2) is 23.2 Å². The lowest BCUT2D eigenvalue weighted by atomic mass is 10.1. The highest BCUT2D eigenvalue weighted by molar-refractivity contribution is 5.84. The van der Waals surface area contributed by atoms with Gasteiger partial charge in [-0.15, -0.1) is 0 Å². The van der Waals surface area contributed by atoms with E-state index in [0.717, 1.165) is 24.3 Å². The number of ether oxygens (including phenoxy) is 1. The Morgan fingerprint density at radius 2 is 1.55 bits per heavy atom. The second-order valence-electron chi connectivity index (χ2n) is 6.44. The minimum atomic E-state index is -3.19. The van der Waals surface area contributed by atoms with Crippen LogP contribution in [0.5, 0.6) is 5.75 Å². The summed E-state index contributed by atoms with van der Waals surface area (Å²) in [5, 5.41) is 0. The van der Waals surface area contributed by atoms with Crippen LogP contribution in [0.2, 0.25) is 0 Å². The summed E-state index contributed by atoms with van der Waals surface area (Å²) in [6.07, 6.45) is 0. The molecule has 0 aliphatic rings. The molecule has 0 aliphatic carbocycles. The van der Waals surface area contributed by atoms with Gasteiger partial charge in [-0.1, -0.05) is 6.07 Å². The molecule has 0 saturated heterocycles. The van der Waals surface area contributed by atoms with E-state index in [1.165, 1.54) is 10.6 Å². The van der Waals surface area contributed by atoms with Crippen molar-refractivity contribution in [1.29, 1.82) is 0 Å². The molecule has 2 aromatic heterocycles. The van der Waals surface area contributed by atoms with Gasteiger partial charge in [0.25, 0.3) is 0 Å². The molecule has 4 aromatic rings. The third kappa shape index (κ3) is 3.56. The Morgan fingerprint density at radius 1 is 0.903 bits per heavy atom. The van der Waals surface area contributed by atoms with Crippen molar-refractivity contribution < 1.29 is 26.7 Å². The summed E-state index contributed by atoms with van der Waals surface area (Å²) in [4.78, 5) is 12.4. The van der Waals surface area contributed by atoms with Crippen LogP contribution in [0.1, 0.15) is 5.82 Å². The number of nitrogen functional groups attached to an aromatic ring is 2. The van der Waals surface area contributed by atoms with Crippen LogP contribution in [-0.2, 0) is 0 Å². The molecule has 0 fully saturated rings. The van der Waals surface area contributed by atoms with Crippen LogP contribution in [0.3, 0.4) is 0 Å². The van der Waals surface area contributed by atoms with Crippen molar-refractivity contribution in [3.8, 4) is 22.8 Å². The van der Waals surface area contributed by atoms with E-state index in [-0.39, 0.29) is 39.7 Å². The quantitative estimate of drug-likeness (QED) is 0.469. The molecular formula is C19H13F5N6O. The predicted octanol–water partition coefficient (Wildman–Crippen LogP) is 3.97. The van der Waals surface area contributed by atoms with E-state index >= 15 is 0 Å². The first kappa shape index (κ1) is 20.3. The Labute approximate surface area is 171 Å². The van der Waals surface area contributed by atoms with Crippen molar-refractivity contribution >= 4 is 22.7 Å². The summed E-state index contributed by atoms with van der Waals surface area (Å²) in [5.74, 6) is -3.94. The number of benzene rings is 2. The Kier molecular flexibility index (Phi) is 4.84. The highest BCUT2D eigenvalue weighted by atomic mass is 19.3. The number of nitrogens with zero attached hydrogens (tertiary/aromatic N) is 4. The number of anilines is 2. The second kappa shape index (κ2) is 7.38. The molecule has 0 spiro atoms.